The number of rotatable bonds is 9. The van der Waals surface area contributed by atoms with Gasteiger partial charge < -0.3 is 5.32 Å². The maximum Gasteiger partial charge on any atom is 0.0175 e. The number of benzene rings is 1. The highest BCUT2D eigenvalue weighted by Crippen LogP contribution is 2.24. The SMILES string of the molecule is CC(C)CCCC(CNCC(C)C)c1ccc(Br)cc1. The highest BCUT2D eigenvalue weighted by atomic mass is 79.9. The first-order chi connectivity index (χ1) is 9.49. The first-order valence-electron chi connectivity index (χ1n) is 7.95. The summed E-state index contributed by atoms with van der Waals surface area (Å²) in [7, 11) is 0. The van der Waals surface area contributed by atoms with Crippen molar-refractivity contribution in [1.82, 2.24) is 5.32 Å². The molecule has 1 unspecified atom stereocenters. The molecule has 2 heteroatoms. The molecule has 0 radical (unpaired) electrons. The average molecular weight is 340 g/mol. The Morgan fingerprint density at radius 1 is 0.900 bits per heavy atom. The summed E-state index contributed by atoms with van der Waals surface area (Å²) in [4.78, 5) is 0. The molecular weight excluding hydrogens is 310 g/mol. The second kappa shape index (κ2) is 9.57. The third kappa shape index (κ3) is 7.44. The molecule has 0 amide bonds. The predicted molar refractivity (Wildman–Crippen MR) is 93.3 cm³/mol. The van der Waals surface area contributed by atoms with Crippen molar-refractivity contribution in [2.24, 2.45) is 11.8 Å². The number of halogens is 1. The molecule has 0 fully saturated rings. The summed E-state index contributed by atoms with van der Waals surface area (Å²) in [5.41, 5.74) is 1.47. The van der Waals surface area contributed by atoms with Crippen molar-refractivity contribution in [3.63, 3.8) is 0 Å². The molecule has 20 heavy (non-hydrogen) atoms. The summed E-state index contributed by atoms with van der Waals surface area (Å²) in [6.07, 6.45) is 3.93. The van der Waals surface area contributed by atoms with Gasteiger partial charge in [-0.1, -0.05) is 68.6 Å². The second-order valence-corrected chi connectivity index (χ2v) is 7.54. The minimum Gasteiger partial charge on any atom is -0.316 e. The summed E-state index contributed by atoms with van der Waals surface area (Å²) in [5, 5.41) is 3.62. The fourth-order valence-corrected chi connectivity index (χ4v) is 2.70. The van der Waals surface area contributed by atoms with E-state index in [1.807, 2.05) is 0 Å². The maximum atomic E-state index is 3.62. The average Bonchev–Trinajstić information content (AvgIpc) is 2.37. The molecule has 1 aromatic carbocycles. The van der Waals surface area contributed by atoms with Gasteiger partial charge in [0.05, 0.1) is 0 Å². The van der Waals surface area contributed by atoms with Gasteiger partial charge in [0.15, 0.2) is 0 Å². The Bertz CT molecular complexity index is 342. The zero-order valence-corrected chi connectivity index (χ0v) is 15.0. The molecule has 0 saturated heterocycles. The summed E-state index contributed by atoms with van der Waals surface area (Å²) in [6, 6.07) is 8.85. The van der Waals surface area contributed by atoms with Crippen molar-refractivity contribution >= 4 is 15.9 Å². The van der Waals surface area contributed by atoms with Crippen molar-refractivity contribution in [2.45, 2.75) is 52.9 Å². The Kier molecular flexibility index (Phi) is 8.47. The highest BCUT2D eigenvalue weighted by Gasteiger charge is 2.12. The normalized spacial score (nSPS) is 13.2. The number of hydrogen-bond donors (Lipinski definition) is 1. The van der Waals surface area contributed by atoms with Crippen LogP contribution in [-0.4, -0.2) is 13.1 Å². The molecule has 0 aliphatic carbocycles. The van der Waals surface area contributed by atoms with Gasteiger partial charge in [-0.25, -0.2) is 0 Å². The van der Waals surface area contributed by atoms with E-state index in [0.29, 0.717) is 5.92 Å². The van der Waals surface area contributed by atoms with Crippen LogP contribution in [0.1, 0.15) is 58.4 Å². The monoisotopic (exact) mass is 339 g/mol. The third-order valence-corrected chi connectivity index (χ3v) is 4.15. The van der Waals surface area contributed by atoms with Gasteiger partial charge in [0.2, 0.25) is 0 Å². The Morgan fingerprint density at radius 2 is 1.55 bits per heavy atom. The Hall–Kier alpha value is -0.340. The van der Waals surface area contributed by atoms with Crippen LogP contribution in [0.3, 0.4) is 0 Å². The minimum absolute atomic E-state index is 0.639. The van der Waals surface area contributed by atoms with E-state index in [9.17, 15) is 0 Å². The quantitative estimate of drug-likeness (QED) is 0.616. The summed E-state index contributed by atoms with van der Waals surface area (Å²) in [6.45, 7) is 11.4. The Morgan fingerprint density at radius 3 is 2.10 bits per heavy atom. The van der Waals surface area contributed by atoms with Gasteiger partial charge in [0.1, 0.15) is 0 Å². The lowest BCUT2D eigenvalue weighted by molar-refractivity contribution is 0.463. The lowest BCUT2D eigenvalue weighted by Gasteiger charge is -2.19. The van der Waals surface area contributed by atoms with Crippen LogP contribution in [0.15, 0.2) is 28.7 Å². The van der Waals surface area contributed by atoms with Crippen LogP contribution in [0.25, 0.3) is 0 Å². The van der Waals surface area contributed by atoms with E-state index in [2.05, 4.69) is 73.2 Å². The molecule has 0 spiro atoms. The van der Waals surface area contributed by atoms with Gasteiger partial charge in [-0.2, -0.15) is 0 Å². The van der Waals surface area contributed by atoms with Crippen molar-refractivity contribution in [3.05, 3.63) is 34.3 Å². The van der Waals surface area contributed by atoms with E-state index >= 15 is 0 Å². The van der Waals surface area contributed by atoms with Gasteiger partial charge in [0.25, 0.3) is 0 Å². The molecule has 0 bridgehead atoms. The Balaban J connectivity index is 2.55. The molecule has 1 N–H and O–H groups in total. The van der Waals surface area contributed by atoms with Crippen molar-refractivity contribution in [2.75, 3.05) is 13.1 Å². The van der Waals surface area contributed by atoms with Crippen LogP contribution < -0.4 is 5.32 Å². The molecule has 1 aromatic rings. The van der Waals surface area contributed by atoms with Gasteiger partial charge in [-0.15, -0.1) is 0 Å². The molecule has 114 valence electrons. The summed E-state index contributed by atoms with van der Waals surface area (Å²) in [5.74, 6) is 2.17. The smallest absolute Gasteiger partial charge is 0.0175 e. The first kappa shape index (κ1) is 17.7. The zero-order valence-electron chi connectivity index (χ0n) is 13.5. The molecule has 0 aromatic heterocycles. The van der Waals surface area contributed by atoms with Crippen LogP contribution in [0.2, 0.25) is 0 Å². The van der Waals surface area contributed by atoms with Crippen LogP contribution in [0.4, 0.5) is 0 Å². The topological polar surface area (TPSA) is 12.0 Å². The van der Waals surface area contributed by atoms with Crippen LogP contribution in [0.5, 0.6) is 0 Å². The van der Waals surface area contributed by atoms with Crippen LogP contribution >= 0.6 is 15.9 Å². The molecule has 0 aliphatic rings. The van der Waals surface area contributed by atoms with E-state index < -0.39 is 0 Å². The van der Waals surface area contributed by atoms with Crippen molar-refractivity contribution < 1.29 is 0 Å². The van der Waals surface area contributed by atoms with Crippen molar-refractivity contribution in [1.29, 1.82) is 0 Å². The summed E-state index contributed by atoms with van der Waals surface area (Å²) < 4.78 is 1.16. The van der Waals surface area contributed by atoms with E-state index in [4.69, 9.17) is 0 Å². The molecular formula is C18H30BrN. The van der Waals surface area contributed by atoms with Gasteiger partial charge >= 0.3 is 0 Å². The third-order valence-electron chi connectivity index (χ3n) is 3.62. The fourth-order valence-electron chi connectivity index (χ4n) is 2.44. The number of nitrogens with one attached hydrogen (secondary N) is 1. The molecule has 1 rings (SSSR count). The molecule has 0 saturated carbocycles. The predicted octanol–water partition coefficient (Wildman–Crippen LogP) is 5.60. The van der Waals surface area contributed by atoms with E-state index in [-0.39, 0.29) is 0 Å². The minimum atomic E-state index is 0.639. The second-order valence-electron chi connectivity index (χ2n) is 6.63. The Labute approximate surface area is 133 Å². The maximum absolute atomic E-state index is 3.62. The van der Waals surface area contributed by atoms with E-state index in [1.54, 1.807) is 0 Å². The van der Waals surface area contributed by atoms with Gasteiger partial charge in [0, 0.05) is 11.0 Å². The number of hydrogen-bond acceptors (Lipinski definition) is 1. The molecule has 1 atom stereocenters. The van der Waals surface area contributed by atoms with Gasteiger partial charge in [-0.3, -0.25) is 0 Å². The van der Waals surface area contributed by atoms with Crippen LogP contribution in [-0.2, 0) is 0 Å². The lowest BCUT2D eigenvalue weighted by atomic mass is 9.92. The van der Waals surface area contributed by atoms with Crippen LogP contribution in [0, 0.1) is 11.8 Å². The van der Waals surface area contributed by atoms with E-state index in [1.165, 1.54) is 24.8 Å². The highest BCUT2D eigenvalue weighted by molar-refractivity contribution is 9.10. The molecule has 1 nitrogen and oxygen atoms in total. The molecule has 0 heterocycles. The fraction of sp³-hybridized carbons (Fsp3) is 0.667. The molecule has 0 aliphatic heterocycles. The standard InChI is InChI=1S/C18H30BrN/c1-14(2)6-5-7-17(13-20-12-15(3)4)16-8-10-18(19)11-9-16/h8-11,14-15,17,20H,5-7,12-13H2,1-4H3. The zero-order chi connectivity index (χ0) is 15.0. The van der Waals surface area contributed by atoms with Gasteiger partial charge in [-0.05, 0) is 48.4 Å². The van der Waals surface area contributed by atoms with Crippen molar-refractivity contribution in [3.8, 4) is 0 Å². The van der Waals surface area contributed by atoms with E-state index in [0.717, 1.165) is 29.4 Å². The summed E-state index contributed by atoms with van der Waals surface area (Å²) >= 11 is 3.52. The lowest BCUT2D eigenvalue weighted by Crippen LogP contribution is -2.25. The first-order valence-corrected chi connectivity index (χ1v) is 8.74. The largest absolute Gasteiger partial charge is 0.316 e.